The molecule has 2 amide bonds. The predicted molar refractivity (Wildman–Crippen MR) is 78.2 cm³/mol. The molecule has 2 aromatic rings. The first-order valence-electron chi connectivity index (χ1n) is 5.96. The number of nitrogens with two attached hydrogens (primary N) is 1. The molecular weight excluding hydrogens is 292 g/mol. The molecule has 0 aliphatic rings. The second-order valence-corrected chi connectivity index (χ2v) is 5.00. The average molecular weight is 304 g/mol. The number of carbonyl (C=O) groups excluding carboxylic acids is 3. The molecule has 6 nitrogen and oxygen atoms in total. The van der Waals surface area contributed by atoms with Gasteiger partial charge in [-0.3, -0.25) is 9.59 Å². The summed E-state index contributed by atoms with van der Waals surface area (Å²) in [7, 11) is 0. The molecule has 108 valence electrons. The van der Waals surface area contributed by atoms with Crippen molar-refractivity contribution in [2.24, 2.45) is 5.73 Å². The lowest BCUT2D eigenvalue weighted by atomic mass is 10.2. The zero-order chi connectivity index (χ0) is 15.2. The van der Waals surface area contributed by atoms with Crippen LogP contribution in [0.4, 0.5) is 5.69 Å². The zero-order valence-electron chi connectivity index (χ0n) is 10.9. The minimum atomic E-state index is -0.719. The minimum Gasteiger partial charge on any atom is -0.452 e. The molecule has 21 heavy (non-hydrogen) atoms. The van der Waals surface area contributed by atoms with Gasteiger partial charge in [-0.1, -0.05) is 6.07 Å². The molecule has 2 rings (SSSR count). The lowest BCUT2D eigenvalue weighted by Gasteiger charge is -2.05. The van der Waals surface area contributed by atoms with Crippen molar-refractivity contribution in [1.82, 2.24) is 0 Å². The van der Waals surface area contributed by atoms with Gasteiger partial charge in [-0.25, -0.2) is 4.79 Å². The molecule has 0 radical (unpaired) electrons. The van der Waals surface area contributed by atoms with Crippen molar-refractivity contribution in [3.05, 3.63) is 52.2 Å². The number of thiophene rings is 1. The van der Waals surface area contributed by atoms with E-state index in [9.17, 15) is 14.4 Å². The second-order valence-electron chi connectivity index (χ2n) is 4.05. The Hall–Kier alpha value is -2.67. The lowest BCUT2D eigenvalue weighted by Crippen LogP contribution is -2.20. The number of rotatable bonds is 5. The highest BCUT2D eigenvalue weighted by Crippen LogP contribution is 2.14. The average Bonchev–Trinajstić information content (AvgIpc) is 3.00. The van der Waals surface area contributed by atoms with Crippen LogP contribution in [-0.4, -0.2) is 24.4 Å². The molecule has 0 saturated heterocycles. The van der Waals surface area contributed by atoms with Gasteiger partial charge in [0.05, 0.1) is 10.4 Å². The number of nitrogens with one attached hydrogen (secondary N) is 1. The normalized spacial score (nSPS) is 9.90. The summed E-state index contributed by atoms with van der Waals surface area (Å²) in [5, 5.41) is 4.52. The SMILES string of the molecule is NC(=O)COC(=O)c1ccc(NC(=O)c2cccs2)cc1. The topological polar surface area (TPSA) is 98.5 Å². The Morgan fingerprint density at radius 1 is 1.14 bits per heavy atom. The number of ether oxygens (including phenoxy) is 1. The third-order valence-electron chi connectivity index (χ3n) is 2.47. The highest BCUT2D eigenvalue weighted by molar-refractivity contribution is 7.12. The fourth-order valence-corrected chi connectivity index (χ4v) is 2.13. The molecule has 0 spiro atoms. The van der Waals surface area contributed by atoms with E-state index in [0.29, 0.717) is 10.6 Å². The van der Waals surface area contributed by atoms with Crippen LogP contribution in [0.25, 0.3) is 0 Å². The van der Waals surface area contributed by atoms with E-state index in [0.717, 1.165) is 0 Å². The number of esters is 1. The van der Waals surface area contributed by atoms with Crippen LogP contribution in [0, 0.1) is 0 Å². The largest absolute Gasteiger partial charge is 0.452 e. The first-order valence-corrected chi connectivity index (χ1v) is 6.84. The molecule has 0 aliphatic carbocycles. The third kappa shape index (κ3) is 4.15. The van der Waals surface area contributed by atoms with E-state index in [-0.39, 0.29) is 11.5 Å². The third-order valence-corrected chi connectivity index (χ3v) is 3.34. The number of benzene rings is 1. The number of hydrogen-bond acceptors (Lipinski definition) is 5. The van der Waals surface area contributed by atoms with Crippen molar-refractivity contribution >= 4 is 34.8 Å². The van der Waals surface area contributed by atoms with Crippen LogP contribution in [0.5, 0.6) is 0 Å². The van der Waals surface area contributed by atoms with Gasteiger partial charge in [0.2, 0.25) is 0 Å². The smallest absolute Gasteiger partial charge is 0.338 e. The Morgan fingerprint density at radius 3 is 2.43 bits per heavy atom. The number of hydrogen-bond donors (Lipinski definition) is 2. The van der Waals surface area contributed by atoms with E-state index in [1.54, 1.807) is 24.3 Å². The fourth-order valence-electron chi connectivity index (χ4n) is 1.51. The zero-order valence-corrected chi connectivity index (χ0v) is 11.7. The lowest BCUT2D eigenvalue weighted by molar-refractivity contribution is -0.121. The fraction of sp³-hybridized carbons (Fsp3) is 0.0714. The van der Waals surface area contributed by atoms with Crippen LogP contribution >= 0.6 is 11.3 Å². The van der Waals surface area contributed by atoms with Gasteiger partial charge in [-0.2, -0.15) is 0 Å². The monoisotopic (exact) mass is 304 g/mol. The second kappa shape index (κ2) is 6.67. The van der Waals surface area contributed by atoms with Crippen molar-refractivity contribution in [1.29, 1.82) is 0 Å². The van der Waals surface area contributed by atoms with Crippen LogP contribution in [0.1, 0.15) is 20.0 Å². The molecule has 0 atom stereocenters. The predicted octanol–water partition coefficient (Wildman–Crippen LogP) is 1.64. The Bertz CT molecular complexity index is 650. The van der Waals surface area contributed by atoms with Crippen molar-refractivity contribution in [2.45, 2.75) is 0 Å². The minimum absolute atomic E-state index is 0.214. The standard InChI is InChI=1S/C14H12N2O4S/c15-12(17)8-20-14(19)9-3-5-10(6-4-9)16-13(18)11-2-1-7-21-11/h1-7H,8H2,(H2,15,17)(H,16,18). The molecule has 1 aromatic heterocycles. The molecule has 0 fully saturated rings. The molecule has 1 aromatic carbocycles. The Balaban J connectivity index is 1.97. The molecule has 0 aliphatic heterocycles. The van der Waals surface area contributed by atoms with E-state index >= 15 is 0 Å². The van der Waals surface area contributed by atoms with Crippen LogP contribution in [0.3, 0.4) is 0 Å². The van der Waals surface area contributed by atoms with Gasteiger partial charge in [0.15, 0.2) is 6.61 Å². The summed E-state index contributed by atoms with van der Waals surface area (Å²) in [5.41, 5.74) is 5.71. The van der Waals surface area contributed by atoms with E-state index in [2.05, 4.69) is 10.1 Å². The molecule has 0 unspecified atom stereocenters. The van der Waals surface area contributed by atoms with Crippen LogP contribution in [-0.2, 0) is 9.53 Å². The summed E-state index contributed by atoms with van der Waals surface area (Å²) in [6.07, 6.45) is 0. The summed E-state index contributed by atoms with van der Waals surface area (Å²) in [5.74, 6) is -1.58. The van der Waals surface area contributed by atoms with E-state index in [1.165, 1.54) is 23.5 Å². The maximum atomic E-state index is 11.8. The first-order chi connectivity index (χ1) is 10.1. The Morgan fingerprint density at radius 2 is 1.86 bits per heavy atom. The molecule has 1 heterocycles. The first kappa shape index (κ1) is 14.7. The molecule has 7 heteroatoms. The van der Waals surface area contributed by atoms with E-state index < -0.39 is 18.5 Å². The molecule has 3 N–H and O–H groups in total. The number of amides is 2. The highest BCUT2D eigenvalue weighted by Gasteiger charge is 2.10. The van der Waals surface area contributed by atoms with Gasteiger partial charge in [0.25, 0.3) is 11.8 Å². The summed E-state index contributed by atoms with van der Waals surface area (Å²) in [6.45, 7) is -0.463. The van der Waals surface area contributed by atoms with E-state index in [1.807, 2.05) is 5.38 Å². The van der Waals surface area contributed by atoms with Gasteiger partial charge in [0.1, 0.15) is 0 Å². The maximum Gasteiger partial charge on any atom is 0.338 e. The summed E-state index contributed by atoms with van der Waals surface area (Å²) in [4.78, 5) is 34.5. The van der Waals surface area contributed by atoms with Gasteiger partial charge in [-0.05, 0) is 35.7 Å². The summed E-state index contributed by atoms with van der Waals surface area (Å²) < 4.78 is 4.67. The Kier molecular flexibility index (Phi) is 4.68. The molecular formula is C14H12N2O4S. The highest BCUT2D eigenvalue weighted by atomic mass is 32.1. The van der Waals surface area contributed by atoms with Crippen molar-refractivity contribution < 1.29 is 19.1 Å². The van der Waals surface area contributed by atoms with Crippen LogP contribution in [0.2, 0.25) is 0 Å². The van der Waals surface area contributed by atoms with Crippen LogP contribution < -0.4 is 11.1 Å². The van der Waals surface area contributed by atoms with Gasteiger partial charge in [-0.15, -0.1) is 11.3 Å². The molecule has 0 saturated carbocycles. The van der Waals surface area contributed by atoms with Crippen molar-refractivity contribution in [3.63, 3.8) is 0 Å². The number of carbonyl (C=O) groups is 3. The number of anilines is 1. The Labute approximate surface area is 124 Å². The van der Waals surface area contributed by atoms with Crippen molar-refractivity contribution in [3.8, 4) is 0 Å². The summed E-state index contributed by atoms with van der Waals surface area (Å²) in [6, 6.07) is 9.65. The van der Waals surface area contributed by atoms with Gasteiger partial charge < -0.3 is 15.8 Å². The van der Waals surface area contributed by atoms with Crippen molar-refractivity contribution in [2.75, 3.05) is 11.9 Å². The van der Waals surface area contributed by atoms with Gasteiger partial charge >= 0.3 is 5.97 Å². The molecule has 0 bridgehead atoms. The summed E-state index contributed by atoms with van der Waals surface area (Å²) >= 11 is 1.34. The van der Waals surface area contributed by atoms with Gasteiger partial charge in [0, 0.05) is 5.69 Å². The maximum absolute atomic E-state index is 11.8. The van der Waals surface area contributed by atoms with Crippen LogP contribution in [0.15, 0.2) is 41.8 Å². The van der Waals surface area contributed by atoms with E-state index in [4.69, 9.17) is 5.73 Å². The quantitative estimate of drug-likeness (QED) is 0.820. The number of primary amides is 1.